The van der Waals surface area contributed by atoms with Crippen molar-refractivity contribution >= 4 is 46.0 Å². The van der Waals surface area contributed by atoms with Gasteiger partial charge in [-0.3, -0.25) is 14.5 Å². The van der Waals surface area contributed by atoms with Gasteiger partial charge < -0.3 is 10.1 Å². The van der Waals surface area contributed by atoms with Gasteiger partial charge in [0, 0.05) is 18.0 Å². The van der Waals surface area contributed by atoms with Crippen LogP contribution in [0.4, 0.5) is 5.69 Å². The molecular formula is C21H22ClN3O3S. The maximum atomic E-state index is 12.9. The molecule has 0 spiro atoms. The van der Waals surface area contributed by atoms with E-state index in [1.54, 1.807) is 42.3 Å². The molecule has 0 aromatic heterocycles. The van der Waals surface area contributed by atoms with Crippen molar-refractivity contribution in [2.75, 3.05) is 13.7 Å². The number of halogens is 1. The number of nitrogens with one attached hydrogen (secondary N) is 1. The Morgan fingerprint density at radius 1 is 1.28 bits per heavy atom. The molecule has 2 aromatic rings. The third-order valence-electron chi connectivity index (χ3n) is 4.37. The van der Waals surface area contributed by atoms with Gasteiger partial charge in [0.15, 0.2) is 5.17 Å². The number of amidine groups is 1. The summed E-state index contributed by atoms with van der Waals surface area (Å²) in [4.78, 5) is 31.5. The van der Waals surface area contributed by atoms with Crippen LogP contribution in [-0.2, 0) is 16.1 Å². The minimum absolute atomic E-state index is 0.114. The van der Waals surface area contributed by atoms with Crippen molar-refractivity contribution in [3.63, 3.8) is 0 Å². The molecule has 1 atom stereocenters. The van der Waals surface area contributed by atoms with Crippen molar-refractivity contribution < 1.29 is 14.3 Å². The summed E-state index contributed by atoms with van der Waals surface area (Å²) < 4.78 is 5.18. The molecule has 29 heavy (non-hydrogen) atoms. The second kappa shape index (κ2) is 9.80. The number of hydrogen-bond acceptors (Lipinski definition) is 5. The van der Waals surface area contributed by atoms with E-state index < -0.39 is 5.25 Å². The summed E-state index contributed by atoms with van der Waals surface area (Å²) in [5.74, 6) is 0.396. The third-order valence-corrected chi connectivity index (χ3v) is 5.92. The van der Waals surface area contributed by atoms with Crippen LogP contribution in [-0.4, -0.2) is 40.8 Å². The average Bonchev–Trinajstić information content (AvgIpc) is 2.72. The molecule has 0 bridgehead atoms. The molecule has 2 aromatic carbocycles. The van der Waals surface area contributed by atoms with E-state index >= 15 is 0 Å². The molecule has 1 aliphatic rings. The Labute approximate surface area is 179 Å². The number of amides is 2. The number of aliphatic imine (C=N–C) groups is 1. The van der Waals surface area contributed by atoms with Crippen molar-refractivity contribution in [3.05, 3.63) is 59.1 Å². The summed E-state index contributed by atoms with van der Waals surface area (Å²) in [5.41, 5.74) is 1.49. The summed E-state index contributed by atoms with van der Waals surface area (Å²) >= 11 is 7.58. The van der Waals surface area contributed by atoms with Crippen molar-refractivity contribution in [2.45, 2.75) is 25.1 Å². The molecule has 1 aliphatic heterocycles. The maximum absolute atomic E-state index is 12.9. The number of nitrogens with zero attached hydrogens (tertiary/aromatic N) is 2. The van der Waals surface area contributed by atoms with Gasteiger partial charge in [0.25, 0.3) is 0 Å². The van der Waals surface area contributed by atoms with Gasteiger partial charge in [0.05, 0.1) is 24.6 Å². The number of thioether (sulfide) groups is 1. The van der Waals surface area contributed by atoms with Crippen molar-refractivity contribution in [2.24, 2.45) is 4.99 Å². The molecule has 3 rings (SSSR count). The molecule has 2 amide bonds. The lowest BCUT2D eigenvalue weighted by Gasteiger charge is -2.32. The summed E-state index contributed by atoms with van der Waals surface area (Å²) in [6, 6.07) is 14.6. The molecule has 0 aliphatic carbocycles. The van der Waals surface area contributed by atoms with E-state index in [1.165, 1.54) is 11.8 Å². The SMILES string of the molecule is CCNC(=O)C1CC(=O)N(Cc2ccccc2Cl)C(=Nc2ccc(OC)cc2)S1. The number of methoxy groups -OCH3 is 1. The molecule has 1 fully saturated rings. The number of ether oxygens (including phenoxy) is 1. The zero-order chi connectivity index (χ0) is 20.8. The molecule has 1 N–H and O–H groups in total. The van der Waals surface area contributed by atoms with Crippen LogP contribution < -0.4 is 10.1 Å². The number of rotatable bonds is 6. The van der Waals surface area contributed by atoms with Crippen LogP contribution in [0.5, 0.6) is 5.75 Å². The standard InChI is InChI=1S/C21H22ClN3O3S/c1-3-23-20(27)18-12-19(26)25(13-14-6-4-5-7-17(14)22)21(29-18)24-15-8-10-16(28-2)11-9-15/h4-11,18H,3,12-13H2,1-2H3,(H,23,27). The highest BCUT2D eigenvalue weighted by molar-refractivity contribution is 8.15. The molecule has 0 radical (unpaired) electrons. The Hall–Kier alpha value is -2.51. The Kier molecular flexibility index (Phi) is 7.17. The number of carbonyl (C=O) groups excluding carboxylic acids is 2. The predicted molar refractivity (Wildman–Crippen MR) is 117 cm³/mol. The quantitative estimate of drug-likeness (QED) is 0.750. The molecule has 1 heterocycles. The van der Waals surface area contributed by atoms with Crippen LogP contribution in [0.15, 0.2) is 53.5 Å². The zero-order valence-electron chi connectivity index (χ0n) is 16.2. The fraction of sp³-hybridized carbons (Fsp3) is 0.286. The average molecular weight is 432 g/mol. The first kappa shape index (κ1) is 21.2. The van der Waals surface area contributed by atoms with E-state index in [0.29, 0.717) is 29.0 Å². The zero-order valence-corrected chi connectivity index (χ0v) is 17.8. The van der Waals surface area contributed by atoms with E-state index in [2.05, 4.69) is 10.3 Å². The van der Waals surface area contributed by atoms with Gasteiger partial charge >= 0.3 is 0 Å². The minimum atomic E-state index is -0.512. The van der Waals surface area contributed by atoms with Gasteiger partial charge in [0.1, 0.15) is 5.75 Å². The largest absolute Gasteiger partial charge is 0.497 e. The van der Waals surface area contributed by atoms with E-state index in [-0.39, 0.29) is 18.2 Å². The minimum Gasteiger partial charge on any atom is -0.497 e. The Bertz CT molecular complexity index is 918. The summed E-state index contributed by atoms with van der Waals surface area (Å²) in [7, 11) is 1.60. The highest BCUT2D eigenvalue weighted by atomic mass is 35.5. The molecule has 6 nitrogen and oxygen atoms in total. The fourth-order valence-corrected chi connectivity index (χ4v) is 4.17. The van der Waals surface area contributed by atoms with E-state index in [4.69, 9.17) is 16.3 Å². The molecule has 0 saturated carbocycles. The van der Waals surface area contributed by atoms with E-state index in [1.807, 2.05) is 25.1 Å². The van der Waals surface area contributed by atoms with Crippen molar-refractivity contribution in [3.8, 4) is 5.75 Å². The summed E-state index contributed by atoms with van der Waals surface area (Å²) in [6.45, 7) is 2.66. The molecule has 8 heteroatoms. The van der Waals surface area contributed by atoms with Gasteiger partial charge in [0.2, 0.25) is 11.8 Å². The smallest absolute Gasteiger partial charge is 0.234 e. The van der Waals surface area contributed by atoms with Gasteiger partial charge in [-0.1, -0.05) is 41.6 Å². The topological polar surface area (TPSA) is 71.0 Å². The lowest BCUT2D eigenvalue weighted by atomic mass is 10.2. The third kappa shape index (κ3) is 5.31. The van der Waals surface area contributed by atoms with Crippen LogP contribution >= 0.6 is 23.4 Å². The first-order valence-electron chi connectivity index (χ1n) is 9.22. The summed E-state index contributed by atoms with van der Waals surface area (Å²) in [5, 5.41) is 3.33. The lowest BCUT2D eigenvalue weighted by molar-refractivity contribution is -0.130. The van der Waals surface area contributed by atoms with E-state index in [9.17, 15) is 9.59 Å². The van der Waals surface area contributed by atoms with Crippen molar-refractivity contribution in [1.29, 1.82) is 0 Å². The van der Waals surface area contributed by atoms with Crippen LogP contribution in [0.1, 0.15) is 18.9 Å². The van der Waals surface area contributed by atoms with Gasteiger partial charge in [-0.15, -0.1) is 0 Å². The number of carbonyl (C=O) groups is 2. The van der Waals surface area contributed by atoms with Crippen LogP contribution in [0, 0.1) is 0 Å². The highest BCUT2D eigenvalue weighted by Crippen LogP contribution is 2.31. The summed E-state index contributed by atoms with van der Waals surface area (Å²) in [6.07, 6.45) is 0.114. The van der Waals surface area contributed by atoms with Crippen LogP contribution in [0.3, 0.4) is 0 Å². The second-order valence-electron chi connectivity index (χ2n) is 6.37. The monoisotopic (exact) mass is 431 g/mol. The molecular weight excluding hydrogens is 410 g/mol. The van der Waals surface area contributed by atoms with Crippen molar-refractivity contribution in [1.82, 2.24) is 10.2 Å². The van der Waals surface area contributed by atoms with Crippen LogP contribution in [0.2, 0.25) is 5.02 Å². The lowest BCUT2D eigenvalue weighted by Crippen LogP contribution is -2.46. The Morgan fingerprint density at radius 2 is 2.00 bits per heavy atom. The fourth-order valence-electron chi connectivity index (χ4n) is 2.85. The molecule has 1 saturated heterocycles. The molecule has 152 valence electrons. The first-order chi connectivity index (χ1) is 14.0. The van der Waals surface area contributed by atoms with Gasteiger partial charge in [-0.05, 0) is 42.8 Å². The van der Waals surface area contributed by atoms with Crippen LogP contribution in [0.25, 0.3) is 0 Å². The number of hydrogen-bond donors (Lipinski definition) is 1. The Morgan fingerprint density at radius 3 is 2.66 bits per heavy atom. The normalized spacial score (nSPS) is 18.0. The first-order valence-corrected chi connectivity index (χ1v) is 10.5. The maximum Gasteiger partial charge on any atom is 0.234 e. The van der Waals surface area contributed by atoms with Gasteiger partial charge in [-0.2, -0.15) is 0 Å². The Balaban J connectivity index is 1.93. The van der Waals surface area contributed by atoms with E-state index in [0.717, 1.165) is 11.3 Å². The number of benzene rings is 2. The molecule has 1 unspecified atom stereocenters. The van der Waals surface area contributed by atoms with Gasteiger partial charge in [-0.25, -0.2) is 4.99 Å². The predicted octanol–water partition coefficient (Wildman–Crippen LogP) is 4.01. The second-order valence-corrected chi connectivity index (χ2v) is 7.95. The highest BCUT2D eigenvalue weighted by Gasteiger charge is 2.35.